The van der Waals surface area contributed by atoms with Crippen molar-refractivity contribution < 1.29 is 4.79 Å². The fourth-order valence-corrected chi connectivity index (χ4v) is 3.18. The van der Waals surface area contributed by atoms with Crippen LogP contribution in [0.5, 0.6) is 0 Å². The van der Waals surface area contributed by atoms with E-state index in [1.165, 1.54) is 0 Å². The highest BCUT2D eigenvalue weighted by atomic mass is 35.5. The number of nitrogens with two attached hydrogens (primary N) is 1. The van der Waals surface area contributed by atoms with Crippen LogP contribution < -0.4 is 11.1 Å². The van der Waals surface area contributed by atoms with Gasteiger partial charge in [-0.2, -0.15) is 0 Å². The van der Waals surface area contributed by atoms with Crippen molar-refractivity contribution in [3.8, 4) is 0 Å². The molecule has 1 aliphatic rings. The third kappa shape index (κ3) is 3.46. The molecular formula is C19H19Cl2N3O. The number of nitrogens with one attached hydrogen (secondary N) is 1. The molecule has 3 rings (SSSR count). The third-order valence-electron chi connectivity index (χ3n) is 4.41. The smallest absolute Gasteiger partial charge is 0.249 e. The maximum Gasteiger partial charge on any atom is 0.249 e. The maximum absolute atomic E-state index is 12.5. The minimum absolute atomic E-state index is 0.0463. The van der Waals surface area contributed by atoms with E-state index in [-0.39, 0.29) is 5.91 Å². The highest BCUT2D eigenvalue weighted by Gasteiger charge is 2.40. The number of halogens is 2. The second-order valence-corrected chi connectivity index (χ2v) is 7.32. The fraction of sp³-hybridized carbons (Fsp3) is 0.211. The second-order valence-electron chi connectivity index (χ2n) is 6.51. The van der Waals surface area contributed by atoms with E-state index < -0.39 is 5.54 Å². The van der Waals surface area contributed by atoms with Crippen molar-refractivity contribution in [3.05, 3.63) is 69.8 Å². The molecule has 0 spiro atoms. The molecule has 0 bridgehead atoms. The lowest BCUT2D eigenvalue weighted by atomic mass is 10.00. The van der Waals surface area contributed by atoms with Gasteiger partial charge in [-0.1, -0.05) is 53.5 Å². The number of nitrogens with zero attached hydrogens (tertiary/aromatic N) is 1. The molecule has 6 heteroatoms. The molecule has 0 saturated carbocycles. The van der Waals surface area contributed by atoms with Crippen molar-refractivity contribution in [1.29, 1.82) is 0 Å². The number of hydrogen-bond donors (Lipinski definition) is 2. The van der Waals surface area contributed by atoms with Crippen LogP contribution in [-0.2, 0) is 11.3 Å². The quantitative estimate of drug-likeness (QED) is 0.761. The minimum atomic E-state index is -0.508. The molecule has 0 fully saturated rings. The summed E-state index contributed by atoms with van der Waals surface area (Å²) < 4.78 is 0. The van der Waals surface area contributed by atoms with Crippen LogP contribution >= 0.6 is 23.2 Å². The Kier molecular flexibility index (Phi) is 4.67. The summed E-state index contributed by atoms with van der Waals surface area (Å²) in [5.41, 5.74) is 8.45. The van der Waals surface area contributed by atoms with E-state index in [1.54, 1.807) is 18.2 Å². The monoisotopic (exact) mass is 375 g/mol. The van der Waals surface area contributed by atoms with Gasteiger partial charge in [0.25, 0.3) is 0 Å². The molecule has 25 heavy (non-hydrogen) atoms. The first-order valence-corrected chi connectivity index (χ1v) is 8.64. The molecule has 0 aliphatic carbocycles. The molecule has 1 amide bonds. The molecule has 2 aromatic rings. The van der Waals surface area contributed by atoms with Gasteiger partial charge < -0.3 is 16.0 Å². The van der Waals surface area contributed by atoms with Gasteiger partial charge in [0.2, 0.25) is 5.91 Å². The number of nitrogen functional groups attached to an aromatic ring is 1. The zero-order valence-corrected chi connectivity index (χ0v) is 15.5. The van der Waals surface area contributed by atoms with Crippen molar-refractivity contribution in [2.75, 3.05) is 11.1 Å². The van der Waals surface area contributed by atoms with Gasteiger partial charge >= 0.3 is 0 Å². The van der Waals surface area contributed by atoms with Gasteiger partial charge in [-0.25, -0.2) is 0 Å². The topological polar surface area (TPSA) is 58.4 Å². The Bertz CT molecular complexity index is 847. The first kappa shape index (κ1) is 17.6. The van der Waals surface area contributed by atoms with Crippen LogP contribution in [0.1, 0.15) is 19.4 Å². The van der Waals surface area contributed by atoms with E-state index in [9.17, 15) is 4.79 Å². The molecule has 1 aliphatic heterocycles. The number of benzene rings is 2. The summed E-state index contributed by atoms with van der Waals surface area (Å²) in [6, 6.07) is 13.2. The lowest BCUT2D eigenvalue weighted by Crippen LogP contribution is -2.44. The first-order chi connectivity index (χ1) is 11.8. The zero-order chi connectivity index (χ0) is 18.2. The summed E-state index contributed by atoms with van der Waals surface area (Å²) in [4.78, 5) is 14.3. The average Bonchev–Trinajstić information content (AvgIpc) is 2.77. The van der Waals surface area contributed by atoms with Crippen LogP contribution in [-0.4, -0.2) is 16.3 Å². The molecule has 0 unspecified atom stereocenters. The lowest BCUT2D eigenvalue weighted by Gasteiger charge is -2.35. The molecular weight excluding hydrogens is 357 g/mol. The van der Waals surface area contributed by atoms with E-state index in [0.717, 1.165) is 11.3 Å². The summed E-state index contributed by atoms with van der Waals surface area (Å²) in [6.45, 7) is 4.52. The van der Waals surface area contributed by atoms with Crippen molar-refractivity contribution in [3.63, 3.8) is 0 Å². The molecule has 0 radical (unpaired) electrons. The molecule has 0 aromatic heterocycles. The third-order valence-corrected chi connectivity index (χ3v) is 5.14. The van der Waals surface area contributed by atoms with Gasteiger partial charge in [-0.3, -0.25) is 4.79 Å². The first-order valence-electron chi connectivity index (χ1n) is 7.88. The van der Waals surface area contributed by atoms with Crippen molar-refractivity contribution in [1.82, 2.24) is 4.90 Å². The SMILES string of the molecule is CC1(C)C(Nc2cc(Cl)c(Cl)cc2N)=CC(=O)N1Cc1ccccc1. The highest BCUT2D eigenvalue weighted by molar-refractivity contribution is 6.42. The van der Waals surface area contributed by atoms with Gasteiger partial charge in [0, 0.05) is 18.3 Å². The Labute approximate surface area is 157 Å². The summed E-state index contributed by atoms with van der Waals surface area (Å²) in [7, 11) is 0. The number of amides is 1. The van der Waals surface area contributed by atoms with Gasteiger partial charge in [0.1, 0.15) is 0 Å². The van der Waals surface area contributed by atoms with Gasteiger partial charge in [0.05, 0.1) is 27.0 Å². The molecule has 3 N–H and O–H groups in total. The van der Waals surface area contributed by atoms with Gasteiger partial charge in [0.15, 0.2) is 0 Å². The van der Waals surface area contributed by atoms with Crippen LogP contribution in [0.25, 0.3) is 0 Å². The maximum atomic E-state index is 12.5. The number of carbonyl (C=O) groups excluding carboxylic acids is 1. The number of rotatable bonds is 4. The van der Waals surface area contributed by atoms with Crippen LogP contribution in [0.4, 0.5) is 11.4 Å². The van der Waals surface area contributed by atoms with Crippen LogP contribution in [0.3, 0.4) is 0 Å². The number of carbonyl (C=O) groups is 1. The van der Waals surface area contributed by atoms with Crippen molar-refractivity contribution >= 4 is 40.5 Å². The number of anilines is 2. The molecule has 0 saturated heterocycles. The summed E-state index contributed by atoms with van der Waals surface area (Å²) in [5.74, 6) is -0.0463. The molecule has 0 atom stereocenters. The van der Waals surface area contributed by atoms with Crippen molar-refractivity contribution in [2.24, 2.45) is 0 Å². The predicted octanol–water partition coefficient (Wildman–Crippen LogP) is 4.69. The Morgan fingerprint density at radius 1 is 1.12 bits per heavy atom. The lowest BCUT2D eigenvalue weighted by molar-refractivity contribution is -0.128. The van der Waals surface area contributed by atoms with E-state index in [2.05, 4.69) is 5.32 Å². The Morgan fingerprint density at radius 2 is 1.76 bits per heavy atom. The molecule has 2 aromatic carbocycles. The minimum Gasteiger partial charge on any atom is -0.397 e. The summed E-state index contributed by atoms with van der Waals surface area (Å²) in [6.07, 6.45) is 1.60. The molecule has 1 heterocycles. The van der Waals surface area contributed by atoms with Crippen LogP contribution in [0.2, 0.25) is 10.0 Å². The second kappa shape index (κ2) is 6.62. The average molecular weight is 376 g/mol. The normalized spacial score (nSPS) is 16.1. The molecule has 4 nitrogen and oxygen atoms in total. The Morgan fingerprint density at radius 3 is 2.44 bits per heavy atom. The highest BCUT2D eigenvalue weighted by Crippen LogP contribution is 2.36. The molecule has 130 valence electrons. The fourth-order valence-electron chi connectivity index (χ4n) is 2.85. The van der Waals surface area contributed by atoms with E-state index in [1.807, 2.05) is 49.1 Å². The Balaban J connectivity index is 1.85. The van der Waals surface area contributed by atoms with Gasteiger partial charge in [-0.15, -0.1) is 0 Å². The van der Waals surface area contributed by atoms with Crippen LogP contribution in [0.15, 0.2) is 54.2 Å². The Hall–Kier alpha value is -2.17. The van der Waals surface area contributed by atoms with E-state index >= 15 is 0 Å². The predicted molar refractivity (Wildman–Crippen MR) is 104 cm³/mol. The van der Waals surface area contributed by atoms with E-state index in [4.69, 9.17) is 28.9 Å². The largest absolute Gasteiger partial charge is 0.397 e. The zero-order valence-electron chi connectivity index (χ0n) is 14.0. The summed E-state index contributed by atoms with van der Waals surface area (Å²) in [5, 5.41) is 4.04. The van der Waals surface area contributed by atoms with Gasteiger partial charge in [-0.05, 0) is 31.5 Å². The van der Waals surface area contributed by atoms with Crippen molar-refractivity contribution in [2.45, 2.75) is 25.9 Å². The summed E-state index contributed by atoms with van der Waals surface area (Å²) >= 11 is 12.1. The number of hydrogen-bond acceptors (Lipinski definition) is 3. The van der Waals surface area contributed by atoms with Crippen LogP contribution in [0, 0.1) is 0 Å². The standard InChI is InChI=1S/C19H19Cl2N3O/c1-19(2)17(23-16-9-14(21)13(20)8-15(16)22)10-18(25)24(19)11-12-6-4-3-5-7-12/h3-10,23H,11,22H2,1-2H3. The van der Waals surface area contributed by atoms with E-state index in [0.29, 0.717) is 28.0 Å².